The molecule has 2 aliphatic heterocycles. The van der Waals surface area contributed by atoms with Crippen LogP contribution in [0.4, 0.5) is 11.4 Å². The van der Waals surface area contributed by atoms with Crippen LogP contribution in [0.15, 0.2) is 12.1 Å². The van der Waals surface area contributed by atoms with Gasteiger partial charge in [-0.15, -0.1) is 0 Å². The minimum Gasteiger partial charge on any atom is -0.368 e. The number of amides is 1. The number of nitrogens with one attached hydrogen (secondary N) is 1. The van der Waals surface area contributed by atoms with Crippen molar-refractivity contribution in [1.29, 1.82) is 0 Å². The van der Waals surface area contributed by atoms with E-state index >= 15 is 0 Å². The zero-order chi connectivity index (χ0) is 15.3. The molecule has 1 amide bonds. The molecule has 3 N–H and O–H groups in total. The number of carbonyl (C=O) groups excluding carboxylic acids is 1. The van der Waals surface area contributed by atoms with E-state index in [2.05, 4.69) is 36.1 Å². The smallest absolute Gasteiger partial charge is 0.245 e. The molecule has 0 saturated carbocycles. The fourth-order valence-electron chi connectivity index (χ4n) is 3.36. The fourth-order valence-corrected chi connectivity index (χ4v) is 3.65. The highest BCUT2D eigenvalue weighted by Crippen LogP contribution is 2.39. The van der Waals surface area contributed by atoms with Crippen molar-refractivity contribution >= 4 is 28.9 Å². The summed E-state index contributed by atoms with van der Waals surface area (Å²) in [5, 5.41) is 3.48. The van der Waals surface area contributed by atoms with Crippen LogP contribution in [0.2, 0.25) is 5.02 Å². The van der Waals surface area contributed by atoms with Gasteiger partial charge in [0, 0.05) is 30.4 Å². The van der Waals surface area contributed by atoms with Gasteiger partial charge in [0.1, 0.15) is 6.04 Å². The second-order valence-electron chi connectivity index (χ2n) is 6.27. The van der Waals surface area contributed by atoms with E-state index in [1.165, 1.54) is 0 Å². The monoisotopic (exact) mass is 308 g/mol. The number of hydrogen-bond donors (Lipinski definition) is 2. The lowest BCUT2D eigenvalue weighted by Crippen LogP contribution is -2.34. The minimum absolute atomic E-state index is 0.167. The number of carbonyl (C=O) groups is 1. The number of benzene rings is 1. The molecule has 0 radical (unpaired) electrons. The van der Waals surface area contributed by atoms with Crippen LogP contribution in [-0.4, -0.2) is 44.0 Å². The molecule has 0 aromatic heterocycles. The molecule has 21 heavy (non-hydrogen) atoms. The van der Waals surface area contributed by atoms with Gasteiger partial charge in [0.05, 0.1) is 10.7 Å². The molecule has 3 rings (SSSR count). The Kier molecular flexibility index (Phi) is 3.59. The second kappa shape index (κ2) is 5.16. The van der Waals surface area contributed by atoms with Crippen LogP contribution >= 0.6 is 11.6 Å². The first-order valence-electron chi connectivity index (χ1n) is 7.19. The van der Waals surface area contributed by atoms with Crippen molar-refractivity contribution in [2.75, 3.05) is 37.4 Å². The summed E-state index contributed by atoms with van der Waals surface area (Å²) < 4.78 is 0. The molecule has 1 aromatic carbocycles. The summed E-state index contributed by atoms with van der Waals surface area (Å²) in [6.07, 6.45) is 0. The molecular formula is C15H21ClN4O. The molecule has 2 aliphatic rings. The molecule has 1 aromatic rings. The summed E-state index contributed by atoms with van der Waals surface area (Å²) in [6, 6.07) is 3.67. The zero-order valence-electron chi connectivity index (χ0n) is 12.6. The Morgan fingerprint density at radius 2 is 2.10 bits per heavy atom. The lowest BCUT2D eigenvalue weighted by molar-refractivity contribution is -0.116. The molecule has 0 bridgehead atoms. The minimum atomic E-state index is -0.612. The predicted molar refractivity (Wildman–Crippen MR) is 85.9 cm³/mol. The molecule has 0 spiro atoms. The van der Waals surface area contributed by atoms with Crippen LogP contribution in [0.25, 0.3) is 0 Å². The van der Waals surface area contributed by atoms with Gasteiger partial charge < -0.3 is 20.9 Å². The molecule has 3 unspecified atom stereocenters. The van der Waals surface area contributed by atoms with Crippen molar-refractivity contribution in [3.8, 4) is 0 Å². The van der Waals surface area contributed by atoms with Crippen molar-refractivity contribution in [2.45, 2.75) is 19.0 Å². The van der Waals surface area contributed by atoms with Crippen LogP contribution in [0.3, 0.4) is 0 Å². The van der Waals surface area contributed by atoms with E-state index in [1.807, 2.05) is 12.1 Å². The number of anilines is 2. The summed E-state index contributed by atoms with van der Waals surface area (Å²) in [5.41, 5.74) is 8.40. The van der Waals surface area contributed by atoms with Gasteiger partial charge in [-0.25, -0.2) is 0 Å². The Morgan fingerprint density at radius 3 is 2.71 bits per heavy atom. The van der Waals surface area contributed by atoms with E-state index in [-0.39, 0.29) is 5.91 Å². The molecule has 1 saturated heterocycles. The largest absolute Gasteiger partial charge is 0.368 e. The Hall–Kier alpha value is -1.30. The van der Waals surface area contributed by atoms with Crippen molar-refractivity contribution in [3.63, 3.8) is 0 Å². The van der Waals surface area contributed by atoms with Crippen LogP contribution in [0.1, 0.15) is 18.5 Å². The van der Waals surface area contributed by atoms with Gasteiger partial charge in [-0.2, -0.15) is 0 Å². The molecule has 0 aliphatic carbocycles. The fraction of sp³-hybridized carbons (Fsp3) is 0.533. The average molecular weight is 309 g/mol. The van der Waals surface area contributed by atoms with Crippen molar-refractivity contribution in [1.82, 2.24) is 4.90 Å². The number of nitrogens with zero attached hydrogens (tertiary/aromatic N) is 2. The third-order valence-corrected chi connectivity index (χ3v) is 4.87. The summed E-state index contributed by atoms with van der Waals surface area (Å²) in [7, 11) is 4.21. The number of likely N-dealkylation sites (N-methyl/N-ethyl adjacent to an activating group) is 1. The van der Waals surface area contributed by atoms with E-state index in [4.69, 9.17) is 17.3 Å². The van der Waals surface area contributed by atoms with E-state index in [0.717, 1.165) is 30.0 Å². The molecular weight excluding hydrogens is 288 g/mol. The third-order valence-electron chi connectivity index (χ3n) is 4.57. The van der Waals surface area contributed by atoms with Gasteiger partial charge in [0.2, 0.25) is 5.91 Å². The van der Waals surface area contributed by atoms with Gasteiger partial charge in [-0.1, -0.05) is 18.5 Å². The molecule has 2 heterocycles. The van der Waals surface area contributed by atoms with Crippen molar-refractivity contribution < 1.29 is 4.79 Å². The van der Waals surface area contributed by atoms with Crippen LogP contribution in [0.5, 0.6) is 0 Å². The highest BCUT2D eigenvalue weighted by molar-refractivity contribution is 6.33. The molecule has 5 nitrogen and oxygen atoms in total. The van der Waals surface area contributed by atoms with Gasteiger partial charge in [0.15, 0.2) is 0 Å². The second-order valence-corrected chi connectivity index (χ2v) is 6.68. The Morgan fingerprint density at radius 1 is 1.38 bits per heavy atom. The quantitative estimate of drug-likeness (QED) is 0.872. The number of hydrogen-bond acceptors (Lipinski definition) is 4. The molecule has 114 valence electrons. The zero-order valence-corrected chi connectivity index (χ0v) is 13.3. The van der Waals surface area contributed by atoms with Gasteiger partial charge in [0.25, 0.3) is 0 Å². The summed E-state index contributed by atoms with van der Waals surface area (Å²) in [6.45, 7) is 4.15. The number of rotatable bonds is 2. The standard InChI is InChI=1S/C15H21ClN4O/c1-8-6-20(7-13(8)19(2)3)12-5-11-9(4-10(12)16)14(17)15(21)18-11/h4-5,8,13-14H,6-7,17H2,1-3H3,(H,18,21). The number of nitrogens with two attached hydrogens (primary N) is 1. The highest BCUT2D eigenvalue weighted by atomic mass is 35.5. The Labute approximate surface area is 130 Å². The summed E-state index contributed by atoms with van der Waals surface area (Å²) >= 11 is 6.43. The Bertz CT molecular complexity index is 589. The maximum absolute atomic E-state index is 11.7. The first-order chi connectivity index (χ1) is 9.88. The van der Waals surface area contributed by atoms with E-state index in [1.54, 1.807) is 0 Å². The SMILES string of the molecule is CC1CN(c2cc3c(cc2Cl)C(N)C(=O)N3)CC1N(C)C. The topological polar surface area (TPSA) is 61.6 Å². The molecule has 6 heteroatoms. The summed E-state index contributed by atoms with van der Waals surface area (Å²) in [4.78, 5) is 16.2. The normalized spacial score (nSPS) is 28.2. The van der Waals surface area contributed by atoms with Gasteiger partial charge in [-0.3, -0.25) is 4.79 Å². The van der Waals surface area contributed by atoms with Gasteiger partial charge in [-0.05, 0) is 32.1 Å². The van der Waals surface area contributed by atoms with E-state index in [0.29, 0.717) is 17.0 Å². The highest BCUT2D eigenvalue weighted by Gasteiger charge is 2.34. The first kappa shape index (κ1) is 14.6. The van der Waals surface area contributed by atoms with Crippen LogP contribution in [0, 0.1) is 5.92 Å². The van der Waals surface area contributed by atoms with Crippen molar-refractivity contribution in [3.05, 3.63) is 22.7 Å². The molecule has 1 fully saturated rings. The van der Waals surface area contributed by atoms with E-state index < -0.39 is 6.04 Å². The van der Waals surface area contributed by atoms with Crippen LogP contribution < -0.4 is 16.0 Å². The first-order valence-corrected chi connectivity index (χ1v) is 7.57. The molecule has 3 atom stereocenters. The average Bonchev–Trinajstić information content (AvgIpc) is 2.92. The van der Waals surface area contributed by atoms with E-state index in [9.17, 15) is 4.79 Å². The summed E-state index contributed by atoms with van der Waals surface area (Å²) in [5.74, 6) is 0.403. The maximum Gasteiger partial charge on any atom is 0.245 e. The maximum atomic E-state index is 11.7. The van der Waals surface area contributed by atoms with Crippen molar-refractivity contribution in [2.24, 2.45) is 11.7 Å². The Balaban J connectivity index is 1.91. The van der Waals surface area contributed by atoms with Gasteiger partial charge >= 0.3 is 0 Å². The lowest BCUT2D eigenvalue weighted by atomic mass is 10.1. The third kappa shape index (κ3) is 2.39. The number of fused-ring (bicyclic) bond motifs is 1. The predicted octanol–water partition coefficient (Wildman–Crippen LogP) is 1.68. The number of halogens is 1. The van der Waals surface area contributed by atoms with Crippen LogP contribution in [-0.2, 0) is 4.79 Å². The lowest BCUT2D eigenvalue weighted by Gasteiger charge is -2.24.